The number of H-pyrrole nitrogens is 1. The number of aromatic amines is 1. The second-order valence-corrected chi connectivity index (χ2v) is 9.35. The summed E-state index contributed by atoms with van der Waals surface area (Å²) in [6.45, 7) is 8.56. The third-order valence-corrected chi connectivity index (χ3v) is 7.62. The van der Waals surface area contributed by atoms with E-state index >= 15 is 0 Å². The predicted octanol–water partition coefficient (Wildman–Crippen LogP) is 2.82. The Hall–Kier alpha value is -1.96. The minimum Gasteiger partial charge on any atom is -0.466 e. The van der Waals surface area contributed by atoms with Crippen LogP contribution < -0.4 is 0 Å². The van der Waals surface area contributed by atoms with Crippen LogP contribution in [0.4, 0.5) is 0 Å². The molecule has 31 heavy (non-hydrogen) atoms. The van der Waals surface area contributed by atoms with E-state index in [1.54, 1.807) is 0 Å². The molecule has 1 saturated carbocycles. The molecule has 168 valence electrons. The van der Waals surface area contributed by atoms with Crippen molar-refractivity contribution in [2.24, 2.45) is 11.3 Å². The molecule has 0 amide bonds. The SMILES string of the molecule is CCOC(=O)[C@@]12CC[C@@H](N3CCOCC3)C[C@H]1CCN(Cc1nc3ccccc3[nH]1)C2. The minimum atomic E-state index is -0.386. The Bertz CT molecular complexity index is 876. The summed E-state index contributed by atoms with van der Waals surface area (Å²) in [6.07, 6.45) is 4.11. The van der Waals surface area contributed by atoms with Crippen molar-refractivity contribution in [1.29, 1.82) is 0 Å². The highest BCUT2D eigenvalue weighted by atomic mass is 16.5. The van der Waals surface area contributed by atoms with Gasteiger partial charge < -0.3 is 14.5 Å². The Morgan fingerprint density at radius 1 is 1.26 bits per heavy atom. The number of hydrogen-bond donors (Lipinski definition) is 1. The number of hydrogen-bond acceptors (Lipinski definition) is 6. The number of piperidine rings is 1. The summed E-state index contributed by atoms with van der Waals surface area (Å²) in [7, 11) is 0. The molecule has 2 aliphatic heterocycles. The number of esters is 1. The van der Waals surface area contributed by atoms with E-state index in [4.69, 9.17) is 14.5 Å². The zero-order valence-corrected chi connectivity index (χ0v) is 18.5. The van der Waals surface area contributed by atoms with E-state index in [2.05, 4.69) is 20.9 Å². The van der Waals surface area contributed by atoms with Crippen LogP contribution >= 0.6 is 0 Å². The molecular formula is C24H34N4O3. The number of nitrogens with zero attached hydrogens (tertiary/aromatic N) is 3. The number of para-hydroxylation sites is 2. The fourth-order valence-electron chi connectivity index (χ4n) is 6.03. The summed E-state index contributed by atoms with van der Waals surface area (Å²) in [5.74, 6) is 1.37. The maximum atomic E-state index is 13.3. The van der Waals surface area contributed by atoms with E-state index in [1.807, 2.05) is 25.1 Å². The van der Waals surface area contributed by atoms with Crippen LogP contribution in [0, 0.1) is 11.3 Å². The molecule has 7 nitrogen and oxygen atoms in total. The predicted molar refractivity (Wildman–Crippen MR) is 119 cm³/mol. The van der Waals surface area contributed by atoms with Crippen LogP contribution in [0.1, 0.15) is 38.4 Å². The molecule has 0 unspecified atom stereocenters. The first-order valence-electron chi connectivity index (χ1n) is 11.8. The zero-order chi connectivity index (χ0) is 21.3. The number of nitrogens with one attached hydrogen (secondary N) is 1. The number of carbonyl (C=O) groups excluding carboxylic acids is 1. The second kappa shape index (κ2) is 8.88. The first-order chi connectivity index (χ1) is 15.2. The summed E-state index contributed by atoms with van der Waals surface area (Å²) in [5.41, 5.74) is 1.68. The van der Waals surface area contributed by atoms with Gasteiger partial charge in [0, 0.05) is 25.7 Å². The largest absolute Gasteiger partial charge is 0.466 e. The smallest absolute Gasteiger partial charge is 0.313 e. The van der Waals surface area contributed by atoms with Crippen LogP contribution in [-0.4, -0.2) is 77.8 Å². The number of aromatic nitrogens is 2. The van der Waals surface area contributed by atoms with Crippen LogP contribution in [0.25, 0.3) is 11.0 Å². The Morgan fingerprint density at radius 3 is 2.90 bits per heavy atom. The standard InChI is InChI=1S/C24H34N4O3/c1-2-31-23(29)24-9-7-19(28-11-13-30-14-12-28)15-18(24)8-10-27(17-24)16-22-25-20-5-3-4-6-21(20)26-22/h3-6,18-19H,2,7-17H2,1H3,(H,25,26)/t18-,19-,24-/m1/s1. The van der Waals surface area contributed by atoms with Crippen LogP contribution in [0.15, 0.2) is 24.3 Å². The Labute approximate surface area is 184 Å². The Balaban J connectivity index is 1.32. The van der Waals surface area contributed by atoms with Gasteiger partial charge in [0.1, 0.15) is 5.82 Å². The van der Waals surface area contributed by atoms with Gasteiger partial charge in [-0.1, -0.05) is 12.1 Å². The number of likely N-dealkylation sites (tertiary alicyclic amines) is 1. The average molecular weight is 427 g/mol. The quantitative estimate of drug-likeness (QED) is 0.742. The number of fused-ring (bicyclic) bond motifs is 2. The van der Waals surface area contributed by atoms with Gasteiger partial charge in [-0.15, -0.1) is 0 Å². The summed E-state index contributed by atoms with van der Waals surface area (Å²) in [4.78, 5) is 26.5. The van der Waals surface area contributed by atoms with Crippen LogP contribution in [0.2, 0.25) is 0 Å². The molecule has 3 heterocycles. The van der Waals surface area contributed by atoms with Gasteiger partial charge in [-0.05, 0) is 57.2 Å². The van der Waals surface area contributed by atoms with Gasteiger partial charge in [0.05, 0.1) is 42.8 Å². The molecule has 0 spiro atoms. The fourth-order valence-corrected chi connectivity index (χ4v) is 6.03. The number of morpholine rings is 1. The number of rotatable bonds is 5. The molecule has 1 aliphatic carbocycles. The molecule has 0 radical (unpaired) electrons. The first kappa shape index (κ1) is 20.9. The van der Waals surface area contributed by atoms with Gasteiger partial charge in [-0.25, -0.2) is 4.98 Å². The Kier molecular flexibility index (Phi) is 5.99. The summed E-state index contributed by atoms with van der Waals surface area (Å²) in [6, 6.07) is 8.71. The molecule has 1 N–H and O–H groups in total. The van der Waals surface area contributed by atoms with Gasteiger partial charge in [-0.2, -0.15) is 0 Å². The molecule has 3 aliphatic rings. The number of ether oxygens (including phenoxy) is 2. The van der Waals surface area contributed by atoms with Gasteiger partial charge >= 0.3 is 5.97 Å². The van der Waals surface area contributed by atoms with Gasteiger partial charge in [0.2, 0.25) is 0 Å². The van der Waals surface area contributed by atoms with Gasteiger partial charge in [0.25, 0.3) is 0 Å². The van der Waals surface area contributed by atoms with Crippen molar-refractivity contribution in [3.8, 4) is 0 Å². The lowest BCUT2D eigenvalue weighted by Gasteiger charge is -2.52. The van der Waals surface area contributed by atoms with Crippen LogP contribution in [0.5, 0.6) is 0 Å². The molecule has 0 bridgehead atoms. The van der Waals surface area contributed by atoms with Gasteiger partial charge in [0.15, 0.2) is 0 Å². The molecule has 3 atom stereocenters. The third kappa shape index (κ3) is 4.11. The van der Waals surface area contributed by atoms with Crippen molar-refractivity contribution in [1.82, 2.24) is 19.8 Å². The lowest BCUT2D eigenvalue weighted by atomic mass is 9.61. The molecule has 2 aromatic rings. The van der Waals surface area contributed by atoms with Crippen molar-refractivity contribution >= 4 is 17.0 Å². The van der Waals surface area contributed by atoms with Crippen molar-refractivity contribution < 1.29 is 14.3 Å². The highest BCUT2D eigenvalue weighted by molar-refractivity contribution is 5.78. The molecule has 5 rings (SSSR count). The number of benzene rings is 1. The number of imidazole rings is 1. The minimum absolute atomic E-state index is 0.00901. The highest BCUT2D eigenvalue weighted by Crippen LogP contribution is 2.48. The highest BCUT2D eigenvalue weighted by Gasteiger charge is 2.53. The van der Waals surface area contributed by atoms with Crippen LogP contribution in [-0.2, 0) is 20.8 Å². The van der Waals surface area contributed by atoms with Crippen LogP contribution in [0.3, 0.4) is 0 Å². The van der Waals surface area contributed by atoms with Crippen molar-refractivity contribution in [2.45, 2.75) is 45.2 Å². The van der Waals surface area contributed by atoms with E-state index in [9.17, 15) is 4.79 Å². The molecule has 7 heteroatoms. The lowest BCUT2D eigenvalue weighted by molar-refractivity contribution is -0.170. The summed E-state index contributed by atoms with van der Waals surface area (Å²) < 4.78 is 11.2. The fraction of sp³-hybridized carbons (Fsp3) is 0.667. The number of carbonyl (C=O) groups is 1. The van der Waals surface area contributed by atoms with Crippen molar-refractivity contribution in [2.75, 3.05) is 46.0 Å². The lowest BCUT2D eigenvalue weighted by Crippen LogP contribution is -2.58. The van der Waals surface area contributed by atoms with E-state index in [1.165, 1.54) is 0 Å². The molecular weight excluding hydrogens is 392 g/mol. The molecule has 1 aromatic heterocycles. The van der Waals surface area contributed by atoms with E-state index in [-0.39, 0.29) is 11.4 Å². The average Bonchev–Trinajstić information content (AvgIpc) is 3.21. The topological polar surface area (TPSA) is 70.7 Å². The first-order valence-corrected chi connectivity index (χ1v) is 11.8. The van der Waals surface area contributed by atoms with Crippen molar-refractivity contribution in [3.63, 3.8) is 0 Å². The molecule has 3 fully saturated rings. The Morgan fingerprint density at radius 2 is 2.10 bits per heavy atom. The van der Waals surface area contributed by atoms with E-state index in [0.717, 1.165) is 88.5 Å². The maximum Gasteiger partial charge on any atom is 0.313 e. The summed E-state index contributed by atoms with van der Waals surface area (Å²) >= 11 is 0. The summed E-state index contributed by atoms with van der Waals surface area (Å²) in [5, 5.41) is 0. The third-order valence-electron chi connectivity index (χ3n) is 7.62. The molecule has 2 saturated heterocycles. The van der Waals surface area contributed by atoms with E-state index in [0.29, 0.717) is 18.6 Å². The zero-order valence-electron chi connectivity index (χ0n) is 18.5. The normalized spacial score (nSPS) is 30.2. The maximum absolute atomic E-state index is 13.3. The van der Waals surface area contributed by atoms with E-state index < -0.39 is 0 Å². The van der Waals surface area contributed by atoms with Gasteiger partial charge in [-0.3, -0.25) is 14.6 Å². The second-order valence-electron chi connectivity index (χ2n) is 9.35. The van der Waals surface area contributed by atoms with Crippen molar-refractivity contribution in [3.05, 3.63) is 30.1 Å². The monoisotopic (exact) mass is 426 g/mol. The molecule has 1 aromatic carbocycles.